The third-order valence-corrected chi connectivity index (χ3v) is 4.11. The second-order valence-corrected chi connectivity index (χ2v) is 5.56. The van der Waals surface area contributed by atoms with Crippen LogP contribution in [0.3, 0.4) is 0 Å². The summed E-state index contributed by atoms with van der Waals surface area (Å²) in [6, 6.07) is 10.5. The molecule has 1 saturated carbocycles. The van der Waals surface area contributed by atoms with Gasteiger partial charge in [0.2, 0.25) is 0 Å². The summed E-state index contributed by atoms with van der Waals surface area (Å²) in [7, 11) is 1.98. The fourth-order valence-electron chi connectivity index (χ4n) is 2.79. The van der Waals surface area contributed by atoms with Crippen LogP contribution in [0.15, 0.2) is 30.3 Å². The lowest BCUT2D eigenvalue weighted by atomic mass is 9.86. The molecule has 21 heavy (non-hydrogen) atoms. The van der Waals surface area contributed by atoms with E-state index >= 15 is 0 Å². The quantitative estimate of drug-likeness (QED) is 0.596. The van der Waals surface area contributed by atoms with Gasteiger partial charge in [-0.1, -0.05) is 30.3 Å². The summed E-state index contributed by atoms with van der Waals surface area (Å²) in [6.07, 6.45) is 3.74. The number of ether oxygens (including phenoxy) is 1. The summed E-state index contributed by atoms with van der Waals surface area (Å²) >= 11 is 0. The SMILES string of the molecule is CCOC(=O)C1CCC(N(C)OCc2ccccc2)CC1. The van der Waals surface area contributed by atoms with E-state index in [0.717, 1.165) is 25.7 Å². The van der Waals surface area contributed by atoms with Crippen LogP contribution < -0.4 is 0 Å². The number of hydroxylamine groups is 2. The summed E-state index contributed by atoms with van der Waals surface area (Å²) in [5.74, 6) is 0.0348. The lowest BCUT2D eigenvalue weighted by Gasteiger charge is -2.33. The molecule has 0 bridgehead atoms. The van der Waals surface area contributed by atoms with E-state index in [0.29, 0.717) is 19.3 Å². The Bertz CT molecular complexity index is 427. The monoisotopic (exact) mass is 291 g/mol. The molecule has 1 aliphatic rings. The number of carbonyl (C=O) groups excluding carboxylic acids is 1. The first kappa shape index (κ1) is 16.0. The lowest BCUT2D eigenvalue weighted by molar-refractivity contribution is -0.187. The van der Waals surface area contributed by atoms with Crippen LogP contribution in [0, 0.1) is 5.92 Å². The Kier molecular flexibility index (Phi) is 6.21. The van der Waals surface area contributed by atoms with Crippen LogP contribution in [0.25, 0.3) is 0 Å². The molecule has 1 aromatic carbocycles. The highest BCUT2D eigenvalue weighted by atomic mass is 16.7. The maximum atomic E-state index is 11.7. The minimum atomic E-state index is -0.0381. The zero-order chi connectivity index (χ0) is 15.1. The summed E-state index contributed by atoms with van der Waals surface area (Å²) in [5, 5.41) is 1.95. The third kappa shape index (κ3) is 4.83. The van der Waals surface area contributed by atoms with Gasteiger partial charge in [-0.15, -0.1) is 0 Å². The Hall–Kier alpha value is -1.39. The highest BCUT2D eigenvalue weighted by molar-refractivity contribution is 5.72. The molecule has 0 radical (unpaired) electrons. The van der Waals surface area contributed by atoms with Crippen molar-refractivity contribution in [3.63, 3.8) is 0 Å². The molecule has 0 aromatic heterocycles. The van der Waals surface area contributed by atoms with Crippen molar-refractivity contribution in [1.29, 1.82) is 0 Å². The standard InChI is InChI=1S/C17H25NO3/c1-3-20-17(19)15-9-11-16(12-10-15)18(2)21-13-14-7-5-4-6-8-14/h4-8,15-16H,3,9-13H2,1-2H3. The van der Waals surface area contributed by atoms with E-state index in [9.17, 15) is 4.79 Å². The van der Waals surface area contributed by atoms with E-state index in [4.69, 9.17) is 9.57 Å². The third-order valence-electron chi connectivity index (χ3n) is 4.11. The number of hydrogen-bond donors (Lipinski definition) is 0. The summed E-state index contributed by atoms with van der Waals surface area (Å²) in [4.78, 5) is 17.5. The molecule has 1 fully saturated rings. The van der Waals surface area contributed by atoms with Gasteiger partial charge < -0.3 is 4.74 Å². The van der Waals surface area contributed by atoms with Crippen LogP contribution in [0.4, 0.5) is 0 Å². The van der Waals surface area contributed by atoms with Crippen LogP contribution in [0.2, 0.25) is 0 Å². The van der Waals surface area contributed by atoms with Gasteiger partial charge >= 0.3 is 5.97 Å². The van der Waals surface area contributed by atoms with Crippen LogP contribution in [-0.2, 0) is 21.0 Å². The molecule has 1 aromatic rings. The number of esters is 1. The van der Waals surface area contributed by atoms with Crippen molar-refractivity contribution in [3.05, 3.63) is 35.9 Å². The molecule has 0 spiro atoms. The highest BCUT2D eigenvalue weighted by Gasteiger charge is 2.29. The topological polar surface area (TPSA) is 38.8 Å². The maximum absolute atomic E-state index is 11.7. The first-order chi connectivity index (χ1) is 10.2. The molecule has 1 aliphatic carbocycles. The van der Waals surface area contributed by atoms with Crippen molar-refractivity contribution in [2.75, 3.05) is 13.7 Å². The first-order valence-electron chi connectivity index (χ1n) is 7.77. The van der Waals surface area contributed by atoms with Gasteiger partial charge in [0.15, 0.2) is 0 Å². The molecule has 116 valence electrons. The molecule has 0 amide bonds. The van der Waals surface area contributed by atoms with Gasteiger partial charge in [-0.25, -0.2) is 0 Å². The largest absolute Gasteiger partial charge is 0.466 e. The maximum Gasteiger partial charge on any atom is 0.308 e. The molecule has 0 aliphatic heterocycles. The molecule has 0 heterocycles. The first-order valence-corrected chi connectivity index (χ1v) is 7.77. The Morgan fingerprint density at radius 2 is 1.86 bits per heavy atom. The Morgan fingerprint density at radius 1 is 1.19 bits per heavy atom. The summed E-state index contributed by atoms with van der Waals surface area (Å²) in [6.45, 7) is 2.92. The minimum absolute atomic E-state index is 0.0381. The molecule has 0 atom stereocenters. The van der Waals surface area contributed by atoms with Gasteiger partial charge in [0, 0.05) is 13.1 Å². The van der Waals surface area contributed by atoms with Gasteiger partial charge in [-0.05, 0) is 38.2 Å². The van der Waals surface area contributed by atoms with E-state index in [2.05, 4.69) is 12.1 Å². The predicted molar refractivity (Wildman–Crippen MR) is 81.4 cm³/mol. The molecule has 0 unspecified atom stereocenters. The minimum Gasteiger partial charge on any atom is -0.466 e. The second-order valence-electron chi connectivity index (χ2n) is 5.56. The van der Waals surface area contributed by atoms with Crippen molar-refractivity contribution in [2.45, 2.75) is 45.3 Å². The molecule has 2 rings (SSSR count). The normalized spacial score (nSPS) is 22.2. The van der Waals surface area contributed by atoms with Crippen LogP contribution in [0.1, 0.15) is 38.2 Å². The number of hydrogen-bond acceptors (Lipinski definition) is 4. The second kappa shape index (κ2) is 8.15. The summed E-state index contributed by atoms with van der Waals surface area (Å²) < 4.78 is 5.10. The smallest absolute Gasteiger partial charge is 0.308 e. The number of nitrogens with zero attached hydrogens (tertiary/aromatic N) is 1. The van der Waals surface area contributed by atoms with Crippen LogP contribution in [0.5, 0.6) is 0 Å². The lowest BCUT2D eigenvalue weighted by Crippen LogP contribution is -2.36. The van der Waals surface area contributed by atoms with Crippen molar-refractivity contribution >= 4 is 5.97 Å². The molecular weight excluding hydrogens is 266 g/mol. The zero-order valence-corrected chi connectivity index (χ0v) is 13.0. The average Bonchev–Trinajstić information content (AvgIpc) is 2.54. The molecule has 4 heteroatoms. The molecule has 4 nitrogen and oxygen atoms in total. The van der Waals surface area contributed by atoms with Crippen LogP contribution in [-0.4, -0.2) is 30.7 Å². The van der Waals surface area contributed by atoms with E-state index in [1.807, 2.05) is 37.2 Å². The van der Waals surface area contributed by atoms with Crippen LogP contribution >= 0.6 is 0 Å². The van der Waals surface area contributed by atoms with E-state index < -0.39 is 0 Å². The molecular formula is C17H25NO3. The van der Waals surface area contributed by atoms with Crippen molar-refractivity contribution in [3.8, 4) is 0 Å². The molecule has 0 saturated heterocycles. The van der Waals surface area contributed by atoms with Gasteiger partial charge in [-0.2, -0.15) is 5.06 Å². The number of carbonyl (C=O) groups is 1. The fourth-order valence-corrected chi connectivity index (χ4v) is 2.79. The summed E-state index contributed by atoms with van der Waals surface area (Å²) in [5.41, 5.74) is 1.17. The van der Waals surface area contributed by atoms with E-state index in [-0.39, 0.29) is 11.9 Å². The van der Waals surface area contributed by atoms with Crippen molar-refractivity contribution in [2.24, 2.45) is 5.92 Å². The number of rotatable bonds is 6. The predicted octanol–water partition coefficient (Wildman–Crippen LogP) is 3.17. The zero-order valence-electron chi connectivity index (χ0n) is 13.0. The highest BCUT2D eigenvalue weighted by Crippen LogP contribution is 2.28. The van der Waals surface area contributed by atoms with E-state index in [1.54, 1.807) is 0 Å². The average molecular weight is 291 g/mol. The Morgan fingerprint density at radius 3 is 2.48 bits per heavy atom. The molecule has 0 N–H and O–H groups in total. The van der Waals surface area contributed by atoms with E-state index in [1.165, 1.54) is 5.56 Å². The fraction of sp³-hybridized carbons (Fsp3) is 0.588. The van der Waals surface area contributed by atoms with Crippen molar-refractivity contribution < 1.29 is 14.4 Å². The van der Waals surface area contributed by atoms with Gasteiger partial charge in [0.05, 0.1) is 19.1 Å². The van der Waals surface area contributed by atoms with Gasteiger partial charge in [0.25, 0.3) is 0 Å². The number of benzene rings is 1. The van der Waals surface area contributed by atoms with Crippen molar-refractivity contribution in [1.82, 2.24) is 5.06 Å². The Balaban J connectivity index is 1.73. The van der Waals surface area contributed by atoms with Gasteiger partial charge in [-0.3, -0.25) is 9.63 Å². The van der Waals surface area contributed by atoms with Gasteiger partial charge in [0.1, 0.15) is 0 Å². The Labute approximate surface area is 127 Å².